The maximum absolute atomic E-state index is 13.6. The number of rotatable bonds is 5. The Bertz CT molecular complexity index is 1390. The number of hydrogen-bond acceptors (Lipinski definition) is 3. The topological polar surface area (TPSA) is 79.6 Å². The summed E-state index contributed by atoms with van der Waals surface area (Å²) in [4.78, 5) is 39.4. The first-order chi connectivity index (χ1) is 16.1. The molecule has 0 spiro atoms. The Morgan fingerprint density at radius 2 is 1.74 bits per heavy atom. The van der Waals surface area contributed by atoms with Crippen molar-refractivity contribution in [1.29, 1.82) is 0 Å². The normalized spacial score (nSPS) is 15.9. The summed E-state index contributed by atoms with van der Waals surface area (Å²) < 4.78 is 42.6. The molecule has 0 bridgehead atoms. The lowest BCUT2D eigenvalue weighted by Gasteiger charge is -2.32. The first-order valence-electron chi connectivity index (χ1n) is 11.0. The lowest BCUT2D eigenvalue weighted by Crippen LogP contribution is -2.42. The lowest BCUT2D eigenvalue weighted by molar-refractivity contribution is -0.138. The summed E-state index contributed by atoms with van der Waals surface area (Å²) in [7, 11) is 0. The van der Waals surface area contributed by atoms with Gasteiger partial charge in [-0.2, -0.15) is 13.2 Å². The molecule has 1 aromatic heterocycles. The third kappa shape index (κ3) is 3.85. The number of benzene rings is 2. The van der Waals surface area contributed by atoms with Crippen molar-refractivity contribution >= 4 is 22.8 Å². The molecule has 0 atom stereocenters. The molecule has 2 fully saturated rings. The molecule has 2 aliphatic rings. The molecule has 1 saturated heterocycles. The van der Waals surface area contributed by atoms with Crippen LogP contribution in [0.1, 0.15) is 62.7 Å². The standard InChI is InChI=1S/C25H21F3N2O4/c26-25(27,28)20-5-2-1-4-14(20)10-15-11-21-18(12-17(15)23(32)29-8-3-9-29)22(31)19(24(33)34)13-30(21)16-6-7-16/h1-2,4-5,11-13,16H,3,6-10H2,(H,33,34). The van der Waals surface area contributed by atoms with Gasteiger partial charge in [-0.25, -0.2) is 4.79 Å². The number of carboxylic acids is 1. The number of nitrogens with zero attached hydrogens (tertiary/aromatic N) is 2. The Kier molecular flexibility index (Phi) is 5.22. The molecular weight excluding hydrogens is 449 g/mol. The first-order valence-corrected chi connectivity index (χ1v) is 11.0. The van der Waals surface area contributed by atoms with Crippen molar-refractivity contribution < 1.29 is 27.9 Å². The van der Waals surface area contributed by atoms with E-state index in [1.807, 2.05) is 0 Å². The van der Waals surface area contributed by atoms with Gasteiger partial charge < -0.3 is 14.6 Å². The van der Waals surface area contributed by atoms with E-state index in [0.717, 1.165) is 25.3 Å². The van der Waals surface area contributed by atoms with E-state index < -0.39 is 28.7 Å². The highest BCUT2D eigenvalue weighted by atomic mass is 19.4. The third-order valence-corrected chi connectivity index (χ3v) is 6.51. The first kappa shape index (κ1) is 22.2. The number of alkyl halides is 3. The molecule has 1 aliphatic carbocycles. The summed E-state index contributed by atoms with van der Waals surface area (Å²) in [6.45, 7) is 1.05. The summed E-state index contributed by atoms with van der Waals surface area (Å²) in [5, 5.41) is 9.61. The highest BCUT2D eigenvalue weighted by Gasteiger charge is 2.34. The number of hydrogen-bond donors (Lipinski definition) is 1. The highest BCUT2D eigenvalue weighted by molar-refractivity contribution is 6.01. The Morgan fingerprint density at radius 1 is 1.03 bits per heavy atom. The summed E-state index contributed by atoms with van der Waals surface area (Å²) in [6, 6.07) is 8.18. The molecule has 9 heteroatoms. The van der Waals surface area contributed by atoms with Crippen LogP contribution in [0, 0.1) is 0 Å². The van der Waals surface area contributed by atoms with Gasteiger partial charge in [0.25, 0.3) is 5.91 Å². The number of aromatic carboxylic acids is 1. The van der Waals surface area contributed by atoms with Crippen LogP contribution >= 0.6 is 0 Å². The minimum atomic E-state index is -4.55. The van der Waals surface area contributed by atoms with Crippen molar-refractivity contribution in [2.24, 2.45) is 0 Å². The molecule has 6 nitrogen and oxygen atoms in total. The van der Waals surface area contributed by atoms with Gasteiger partial charge in [0.2, 0.25) is 5.43 Å². The van der Waals surface area contributed by atoms with Crippen molar-refractivity contribution in [3.8, 4) is 0 Å². The van der Waals surface area contributed by atoms with Crippen molar-refractivity contribution in [3.05, 3.63) is 80.6 Å². The van der Waals surface area contributed by atoms with Gasteiger partial charge in [-0.15, -0.1) is 0 Å². The van der Waals surface area contributed by atoms with E-state index in [0.29, 0.717) is 24.2 Å². The number of halogens is 3. The van der Waals surface area contributed by atoms with Gasteiger partial charge in [0.05, 0.1) is 11.1 Å². The van der Waals surface area contributed by atoms with Crippen LogP contribution in [0.3, 0.4) is 0 Å². The Balaban J connectivity index is 1.74. The van der Waals surface area contributed by atoms with Crippen molar-refractivity contribution in [2.75, 3.05) is 13.1 Å². The van der Waals surface area contributed by atoms with Crippen molar-refractivity contribution in [1.82, 2.24) is 9.47 Å². The number of amides is 1. The number of likely N-dealkylation sites (tertiary alicyclic amines) is 1. The Morgan fingerprint density at radius 3 is 2.32 bits per heavy atom. The molecule has 2 heterocycles. The van der Waals surface area contributed by atoms with Crippen LogP contribution in [0.2, 0.25) is 0 Å². The molecule has 176 valence electrons. The van der Waals surface area contributed by atoms with Crippen LogP contribution < -0.4 is 5.43 Å². The van der Waals surface area contributed by atoms with E-state index in [4.69, 9.17) is 0 Å². The smallest absolute Gasteiger partial charge is 0.416 e. The van der Waals surface area contributed by atoms with E-state index in [1.165, 1.54) is 30.5 Å². The molecular formula is C25H21F3N2O4. The molecule has 0 unspecified atom stereocenters. The minimum Gasteiger partial charge on any atom is -0.477 e. The number of fused-ring (bicyclic) bond motifs is 1. The summed E-state index contributed by atoms with van der Waals surface area (Å²) >= 11 is 0. The van der Waals surface area contributed by atoms with Gasteiger partial charge in [0.1, 0.15) is 5.56 Å². The lowest BCUT2D eigenvalue weighted by atomic mass is 9.93. The van der Waals surface area contributed by atoms with Crippen molar-refractivity contribution in [2.45, 2.75) is 37.9 Å². The summed E-state index contributed by atoms with van der Waals surface area (Å²) in [5.74, 6) is -1.73. The Labute approximate surface area is 192 Å². The largest absolute Gasteiger partial charge is 0.477 e. The second kappa shape index (κ2) is 8.00. The van der Waals surface area contributed by atoms with E-state index in [9.17, 15) is 32.7 Å². The SMILES string of the molecule is O=C(O)c1cn(C2CC2)c2cc(Cc3ccccc3C(F)(F)F)c(C(=O)N3CCC3)cc2c1=O. The molecule has 1 amide bonds. The average Bonchev–Trinajstić information content (AvgIpc) is 3.57. The van der Waals surface area contributed by atoms with E-state index in [2.05, 4.69) is 0 Å². The fourth-order valence-corrected chi connectivity index (χ4v) is 4.44. The maximum Gasteiger partial charge on any atom is 0.416 e. The monoisotopic (exact) mass is 470 g/mol. The molecule has 3 aromatic rings. The number of carboxylic acid groups (broad SMARTS) is 1. The summed E-state index contributed by atoms with van der Waals surface area (Å²) in [6.07, 6.45) is -0.977. The molecule has 1 saturated carbocycles. The molecule has 34 heavy (non-hydrogen) atoms. The second-order valence-corrected chi connectivity index (χ2v) is 8.82. The van der Waals surface area contributed by atoms with Crippen LogP contribution in [0.15, 0.2) is 47.4 Å². The van der Waals surface area contributed by atoms with Crippen LogP contribution in [-0.2, 0) is 12.6 Å². The average molecular weight is 470 g/mol. The zero-order chi connectivity index (χ0) is 24.2. The van der Waals surface area contributed by atoms with Gasteiger partial charge in [0, 0.05) is 36.3 Å². The number of carbonyl (C=O) groups excluding carboxylic acids is 1. The van der Waals surface area contributed by atoms with Crippen LogP contribution in [-0.4, -0.2) is 39.5 Å². The fraction of sp³-hybridized carbons (Fsp3) is 0.320. The summed E-state index contributed by atoms with van der Waals surface area (Å²) in [5.41, 5.74) is -0.926. The van der Waals surface area contributed by atoms with Crippen LogP contribution in [0.4, 0.5) is 13.2 Å². The Hall–Kier alpha value is -3.62. The third-order valence-electron chi connectivity index (χ3n) is 6.51. The zero-order valence-corrected chi connectivity index (χ0v) is 18.1. The van der Waals surface area contributed by atoms with E-state index in [1.54, 1.807) is 15.5 Å². The number of pyridine rings is 1. The molecule has 5 rings (SSSR count). The van der Waals surface area contributed by atoms with E-state index >= 15 is 0 Å². The quantitative estimate of drug-likeness (QED) is 0.596. The van der Waals surface area contributed by atoms with Crippen LogP contribution in [0.25, 0.3) is 10.9 Å². The van der Waals surface area contributed by atoms with Crippen LogP contribution in [0.5, 0.6) is 0 Å². The predicted molar refractivity (Wildman–Crippen MR) is 118 cm³/mol. The highest BCUT2D eigenvalue weighted by Crippen LogP contribution is 2.38. The van der Waals surface area contributed by atoms with Gasteiger partial charge >= 0.3 is 12.1 Å². The molecule has 0 radical (unpaired) electrons. The van der Waals surface area contributed by atoms with E-state index in [-0.39, 0.29) is 34.9 Å². The molecule has 1 aliphatic heterocycles. The zero-order valence-electron chi connectivity index (χ0n) is 18.1. The molecule has 1 N–H and O–H groups in total. The van der Waals surface area contributed by atoms with Crippen molar-refractivity contribution in [3.63, 3.8) is 0 Å². The van der Waals surface area contributed by atoms with Gasteiger partial charge in [0.15, 0.2) is 0 Å². The number of carbonyl (C=O) groups is 2. The van der Waals surface area contributed by atoms with Gasteiger partial charge in [-0.1, -0.05) is 18.2 Å². The van der Waals surface area contributed by atoms with Gasteiger partial charge in [-0.3, -0.25) is 9.59 Å². The second-order valence-electron chi connectivity index (χ2n) is 8.82. The minimum absolute atomic E-state index is 0.00782. The number of aromatic nitrogens is 1. The molecule has 2 aromatic carbocycles. The predicted octanol–water partition coefficient (Wildman–Crippen LogP) is 4.49. The fourth-order valence-electron chi connectivity index (χ4n) is 4.44. The van der Waals surface area contributed by atoms with Gasteiger partial charge in [-0.05, 0) is 55.0 Å². The maximum atomic E-state index is 13.6.